The summed E-state index contributed by atoms with van der Waals surface area (Å²) in [4.78, 5) is 25.4. The summed E-state index contributed by atoms with van der Waals surface area (Å²) in [7, 11) is 1.47. The highest BCUT2D eigenvalue weighted by Gasteiger charge is 2.31. The third-order valence-electron chi connectivity index (χ3n) is 4.20. The van der Waals surface area contributed by atoms with Gasteiger partial charge in [0.25, 0.3) is 5.91 Å². The van der Waals surface area contributed by atoms with Crippen molar-refractivity contribution in [3.05, 3.63) is 54.4 Å². The predicted molar refractivity (Wildman–Crippen MR) is 108 cm³/mol. The van der Waals surface area contributed by atoms with Crippen LogP contribution in [-0.4, -0.2) is 52.1 Å². The maximum absolute atomic E-state index is 12.6. The van der Waals surface area contributed by atoms with Crippen LogP contribution in [0.2, 0.25) is 0 Å². The van der Waals surface area contributed by atoms with Gasteiger partial charge in [0.1, 0.15) is 11.4 Å². The van der Waals surface area contributed by atoms with Gasteiger partial charge >= 0.3 is 6.36 Å². The Bertz CT molecular complexity index is 1070. The molecule has 0 unspecified atom stereocenters. The van der Waals surface area contributed by atoms with Crippen molar-refractivity contribution in [3.63, 3.8) is 0 Å². The quantitative estimate of drug-likeness (QED) is 0.572. The van der Waals surface area contributed by atoms with Crippen molar-refractivity contribution in [2.24, 2.45) is 0 Å². The minimum Gasteiger partial charge on any atom is -0.481 e. The first-order valence-corrected chi connectivity index (χ1v) is 9.36. The summed E-state index contributed by atoms with van der Waals surface area (Å²) in [5, 5.41) is 11.8. The summed E-state index contributed by atoms with van der Waals surface area (Å²) in [5.74, 6) is -0.380. The molecule has 32 heavy (non-hydrogen) atoms. The van der Waals surface area contributed by atoms with Crippen molar-refractivity contribution >= 4 is 5.91 Å². The number of rotatable bonds is 7. The number of methoxy groups -OCH3 is 1. The first kappa shape index (κ1) is 22.9. The lowest BCUT2D eigenvalue weighted by Gasteiger charge is -2.13. The Morgan fingerprint density at radius 1 is 1.12 bits per heavy atom. The number of amides is 1. The van der Waals surface area contributed by atoms with Gasteiger partial charge < -0.3 is 19.9 Å². The van der Waals surface area contributed by atoms with Gasteiger partial charge in [0.15, 0.2) is 5.82 Å². The summed E-state index contributed by atoms with van der Waals surface area (Å²) < 4.78 is 46.2. The van der Waals surface area contributed by atoms with Crippen LogP contribution in [0.1, 0.15) is 17.4 Å². The average molecular weight is 448 g/mol. The van der Waals surface area contributed by atoms with Gasteiger partial charge in [0.2, 0.25) is 5.88 Å². The lowest BCUT2D eigenvalue weighted by atomic mass is 10.1. The molecule has 0 bridgehead atoms. The van der Waals surface area contributed by atoms with E-state index in [0.717, 1.165) is 12.1 Å². The molecular formula is C21H19F3N4O4. The van der Waals surface area contributed by atoms with E-state index in [1.54, 1.807) is 19.1 Å². The molecule has 8 nitrogen and oxygen atoms in total. The number of nitrogens with one attached hydrogen (secondary N) is 1. The molecule has 1 atom stereocenters. The number of aromatic nitrogens is 3. The second kappa shape index (κ2) is 9.60. The fraction of sp³-hybridized carbons (Fsp3) is 0.238. The van der Waals surface area contributed by atoms with E-state index in [0.29, 0.717) is 22.7 Å². The predicted octanol–water partition coefficient (Wildman–Crippen LogP) is 3.22. The molecule has 0 fully saturated rings. The standard InChI is InChI=1S/C21H19F3N4O4/c1-12(11-29)26-20(30)17-9-16(13-3-6-15(7-4-13)32-21(22,23)24)27-19(28-17)14-5-8-18(31-2)25-10-14/h3-10,12,29H,11H2,1-2H3,(H,26,30)/t12-/m0/s1. The van der Waals surface area contributed by atoms with Crippen LogP contribution in [0.15, 0.2) is 48.7 Å². The highest BCUT2D eigenvalue weighted by atomic mass is 19.4. The number of carbonyl (C=O) groups excluding carboxylic acids is 1. The lowest BCUT2D eigenvalue weighted by Crippen LogP contribution is -2.35. The molecule has 3 aromatic rings. The molecule has 0 aliphatic heterocycles. The zero-order valence-electron chi connectivity index (χ0n) is 17.1. The molecule has 3 rings (SSSR count). The van der Waals surface area contributed by atoms with Crippen LogP contribution in [0, 0.1) is 0 Å². The maximum atomic E-state index is 12.6. The van der Waals surface area contributed by atoms with Gasteiger partial charge in [-0.2, -0.15) is 0 Å². The van der Waals surface area contributed by atoms with Crippen molar-refractivity contribution in [2.45, 2.75) is 19.3 Å². The Hall–Kier alpha value is -3.73. The molecule has 2 N–H and O–H groups in total. The minimum atomic E-state index is -4.81. The first-order valence-electron chi connectivity index (χ1n) is 9.36. The molecule has 1 aromatic carbocycles. The third-order valence-corrected chi connectivity index (χ3v) is 4.20. The summed E-state index contributed by atoms with van der Waals surface area (Å²) in [6, 6.07) is 9.21. The van der Waals surface area contributed by atoms with Crippen LogP contribution in [0.5, 0.6) is 11.6 Å². The fourth-order valence-corrected chi connectivity index (χ4v) is 2.64. The summed E-state index contributed by atoms with van der Waals surface area (Å²) in [6.07, 6.45) is -3.34. The van der Waals surface area contributed by atoms with Crippen LogP contribution in [-0.2, 0) is 0 Å². The number of alkyl halides is 3. The SMILES string of the molecule is COc1ccc(-c2nc(C(=O)N[C@@H](C)CO)cc(-c3ccc(OC(F)(F)F)cc3)n2)cn1. The van der Waals surface area contributed by atoms with E-state index in [1.165, 1.54) is 31.5 Å². The van der Waals surface area contributed by atoms with E-state index in [2.05, 4.69) is 25.0 Å². The minimum absolute atomic E-state index is 0.0109. The lowest BCUT2D eigenvalue weighted by molar-refractivity contribution is -0.274. The van der Waals surface area contributed by atoms with Gasteiger partial charge in [-0.15, -0.1) is 13.2 Å². The second-order valence-corrected chi connectivity index (χ2v) is 6.68. The van der Waals surface area contributed by atoms with Gasteiger partial charge in [0, 0.05) is 29.4 Å². The van der Waals surface area contributed by atoms with Crippen LogP contribution in [0.25, 0.3) is 22.6 Å². The summed E-state index contributed by atoms with van der Waals surface area (Å²) >= 11 is 0. The normalized spacial score (nSPS) is 12.2. The van der Waals surface area contributed by atoms with Gasteiger partial charge in [-0.25, -0.2) is 15.0 Å². The molecule has 2 heterocycles. The van der Waals surface area contributed by atoms with E-state index in [9.17, 15) is 23.1 Å². The van der Waals surface area contributed by atoms with Crippen molar-refractivity contribution in [3.8, 4) is 34.3 Å². The van der Waals surface area contributed by atoms with E-state index in [4.69, 9.17) is 4.74 Å². The van der Waals surface area contributed by atoms with Crippen molar-refractivity contribution < 1.29 is 32.5 Å². The summed E-state index contributed by atoms with van der Waals surface area (Å²) in [5.41, 5.74) is 1.24. The van der Waals surface area contributed by atoms with Gasteiger partial charge in [0.05, 0.1) is 19.4 Å². The molecule has 0 aliphatic carbocycles. The van der Waals surface area contributed by atoms with E-state index in [1.807, 2.05) is 0 Å². The van der Waals surface area contributed by atoms with Crippen LogP contribution in [0.3, 0.4) is 0 Å². The zero-order chi connectivity index (χ0) is 23.3. The zero-order valence-corrected chi connectivity index (χ0v) is 17.1. The monoisotopic (exact) mass is 448 g/mol. The molecule has 0 saturated heterocycles. The van der Waals surface area contributed by atoms with Crippen LogP contribution < -0.4 is 14.8 Å². The molecular weight excluding hydrogens is 429 g/mol. The second-order valence-electron chi connectivity index (χ2n) is 6.68. The number of pyridine rings is 1. The molecule has 11 heteroatoms. The molecule has 0 saturated carbocycles. The molecule has 2 aromatic heterocycles. The number of aliphatic hydroxyl groups excluding tert-OH is 1. The number of halogens is 3. The molecule has 168 valence electrons. The van der Waals surface area contributed by atoms with E-state index < -0.39 is 18.3 Å². The largest absolute Gasteiger partial charge is 0.573 e. The molecule has 0 spiro atoms. The van der Waals surface area contributed by atoms with E-state index in [-0.39, 0.29) is 23.9 Å². The highest BCUT2D eigenvalue weighted by Crippen LogP contribution is 2.27. The van der Waals surface area contributed by atoms with E-state index >= 15 is 0 Å². The van der Waals surface area contributed by atoms with Gasteiger partial charge in [-0.05, 0) is 43.3 Å². The molecule has 0 aliphatic rings. The van der Waals surface area contributed by atoms with Crippen molar-refractivity contribution in [1.29, 1.82) is 0 Å². The molecule has 0 radical (unpaired) electrons. The van der Waals surface area contributed by atoms with Gasteiger partial charge in [-0.1, -0.05) is 0 Å². The number of carbonyl (C=O) groups is 1. The number of aliphatic hydroxyl groups is 1. The Balaban J connectivity index is 2.02. The van der Waals surface area contributed by atoms with Crippen LogP contribution >= 0.6 is 0 Å². The smallest absolute Gasteiger partial charge is 0.481 e. The molecule has 1 amide bonds. The topological polar surface area (TPSA) is 106 Å². The Kier molecular flexibility index (Phi) is 6.89. The Morgan fingerprint density at radius 3 is 2.38 bits per heavy atom. The Morgan fingerprint density at radius 2 is 1.81 bits per heavy atom. The van der Waals surface area contributed by atoms with Gasteiger partial charge in [-0.3, -0.25) is 4.79 Å². The van der Waals surface area contributed by atoms with Crippen LogP contribution in [0.4, 0.5) is 13.2 Å². The number of ether oxygens (including phenoxy) is 2. The average Bonchev–Trinajstić information content (AvgIpc) is 2.78. The maximum Gasteiger partial charge on any atom is 0.573 e. The highest BCUT2D eigenvalue weighted by molar-refractivity contribution is 5.94. The fourth-order valence-electron chi connectivity index (χ4n) is 2.64. The Labute approximate surface area is 181 Å². The first-order chi connectivity index (χ1) is 15.2. The number of benzene rings is 1. The van der Waals surface area contributed by atoms with Crippen molar-refractivity contribution in [1.82, 2.24) is 20.3 Å². The summed E-state index contributed by atoms with van der Waals surface area (Å²) in [6.45, 7) is 1.35. The number of hydrogen-bond donors (Lipinski definition) is 2. The third kappa shape index (κ3) is 5.91. The van der Waals surface area contributed by atoms with Crippen molar-refractivity contribution in [2.75, 3.05) is 13.7 Å². The number of hydrogen-bond acceptors (Lipinski definition) is 7. The number of nitrogens with zero attached hydrogens (tertiary/aromatic N) is 3.